The molecule has 0 unspecified atom stereocenters. The number of phenols is 1. The second-order valence-corrected chi connectivity index (χ2v) is 6.10. The van der Waals surface area contributed by atoms with Crippen molar-refractivity contribution in [3.05, 3.63) is 53.1 Å². The summed E-state index contributed by atoms with van der Waals surface area (Å²) in [5.41, 5.74) is 3.82. The van der Waals surface area contributed by atoms with E-state index in [9.17, 15) is 9.90 Å². The maximum absolute atomic E-state index is 11.9. The molecule has 1 amide bonds. The van der Waals surface area contributed by atoms with Gasteiger partial charge in [-0.3, -0.25) is 4.79 Å². The van der Waals surface area contributed by atoms with Gasteiger partial charge >= 0.3 is 0 Å². The zero-order chi connectivity index (χ0) is 18.5. The van der Waals surface area contributed by atoms with Crippen LogP contribution in [-0.4, -0.2) is 42.2 Å². The molecule has 1 saturated heterocycles. The number of phenolic OH excluding ortho intramolecular Hbond substituents is 1. The number of benzene rings is 2. The summed E-state index contributed by atoms with van der Waals surface area (Å²) in [6.45, 7) is 3.53. The number of hydrogen-bond acceptors (Lipinski definition) is 6. The van der Waals surface area contributed by atoms with E-state index >= 15 is 0 Å². The lowest BCUT2D eigenvalue weighted by molar-refractivity contribution is -0.125. The SMILES string of the molecule is Cc1cc(/C=N/O)c(O)c(CNc2ccc(N3CCOCC3=O)cc2)c1. The van der Waals surface area contributed by atoms with E-state index in [-0.39, 0.29) is 18.3 Å². The largest absolute Gasteiger partial charge is 0.507 e. The first kappa shape index (κ1) is 17.8. The predicted molar refractivity (Wildman–Crippen MR) is 99.2 cm³/mol. The molecule has 0 radical (unpaired) electrons. The summed E-state index contributed by atoms with van der Waals surface area (Å²) >= 11 is 0. The zero-order valence-corrected chi connectivity index (χ0v) is 14.5. The number of morpholine rings is 1. The molecule has 7 heteroatoms. The molecule has 7 nitrogen and oxygen atoms in total. The van der Waals surface area contributed by atoms with E-state index < -0.39 is 0 Å². The van der Waals surface area contributed by atoms with E-state index in [4.69, 9.17) is 9.94 Å². The van der Waals surface area contributed by atoms with E-state index in [0.29, 0.717) is 30.8 Å². The van der Waals surface area contributed by atoms with Crippen LogP contribution in [0.2, 0.25) is 0 Å². The number of carbonyl (C=O) groups excluding carboxylic acids is 1. The molecule has 0 aromatic heterocycles. The highest BCUT2D eigenvalue weighted by Crippen LogP contribution is 2.25. The number of anilines is 2. The maximum Gasteiger partial charge on any atom is 0.253 e. The van der Waals surface area contributed by atoms with Gasteiger partial charge < -0.3 is 25.3 Å². The van der Waals surface area contributed by atoms with Crippen LogP contribution in [-0.2, 0) is 16.1 Å². The van der Waals surface area contributed by atoms with Gasteiger partial charge in [0.15, 0.2) is 0 Å². The molecule has 2 aromatic carbocycles. The molecule has 0 spiro atoms. The molecule has 0 saturated carbocycles. The summed E-state index contributed by atoms with van der Waals surface area (Å²) in [4.78, 5) is 13.6. The molecule has 1 aliphatic heterocycles. The first-order valence-corrected chi connectivity index (χ1v) is 8.30. The Hall–Kier alpha value is -3.06. The van der Waals surface area contributed by atoms with Gasteiger partial charge in [-0.2, -0.15) is 0 Å². The Labute approximate surface area is 151 Å². The number of oxime groups is 1. The van der Waals surface area contributed by atoms with Crippen LogP contribution in [0.3, 0.4) is 0 Å². The third-order valence-electron chi connectivity index (χ3n) is 4.21. The lowest BCUT2D eigenvalue weighted by Crippen LogP contribution is -2.41. The van der Waals surface area contributed by atoms with E-state index in [1.165, 1.54) is 6.21 Å². The van der Waals surface area contributed by atoms with Gasteiger partial charge in [0.25, 0.3) is 5.91 Å². The fourth-order valence-corrected chi connectivity index (χ4v) is 2.93. The first-order chi connectivity index (χ1) is 12.6. The van der Waals surface area contributed by atoms with Crippen LogP contribution in [0.5, 0.6) is 5.75 Å². The average Bonchev–Trinajstić information content (AvgIpc) is 2.64. The fourth-order valence-electron chi connectivity index (χ4n) is 2.93. The molecule has 1 fully saturated rings. The van der Waals surface area contributed by atoms with Crippen LogP contribution < -0.4 is 10.2 Å². The Balaban J connectivity index is 1.70. The molecule has 2 aromatic rings. The molecular formula is C19H21N3O4. The third kappa shape index (κ3) is 3.94. The fraction of sp³-hybridized carbons (Fsp3) is 0.263. The van der Waals surface area contributed by atoms with Crippen molar-refractivity contribution in [2.45, 2.75) is 13.5 Å². The number of aryl methyl sites for hydroxylation is 1. The smallest absolute Gasteiger partial charge is 0.253 e. The summed E-state index contributed by atoms with van der Waals surface area (Å²) in [6, 6.07) is 11.2. The number of nitrogens with zero attached hydrogens (tertiary/aromatic N) is 2. The van der Waals surface area contributed by atoms with Gasteiger partial charge in [0.1, 0.15) is 12.4 Å². The summed E-state index contributed by atoms with van der Waals surface area (Å²) < 4.78 is 5.14. The zero-order valence-electron chi connectivity index (χ0n) is 14.5. The number of aromatic hydroxyl groups is 1. The maximum atomic E-state index is 11.9. The molecule has 1 aliphatic rings. The summed E-state index contributed by atoms with van der Waals surface area (Å²) in [6.07, 6.45) is 1.21. The number of hydrogen-bond donors (Lipinski definition) is 3. The molecule has 1 heterocycles. The average molecular weight is 355 g/mol. The Morgan fingerprint density at radius 2 is 2.08 bits per heavy atom. The molecule has 26 heavy (non-hydrogen) atoms. The van der Waals surface area contributed by atoms with Crippen molar-refractivity contribution in [3.63, 3.8) is 0 Å². The van der Waals surface area contributed by atoms with Gasteiger partial charge in [-0.1, -0.05) is 11.2 Å². The van der Waals surface area contributed by atoms with Gasteiger partial charge in [-0.25, -0.2) is 0 Å². The Morgan fingerprint density at radius 3 is 2.77 bits per heavy atom. The first-order valence-electron chi connectivity index (χ1n) is 8.30. The standard InChI is InChI=1S/C19H21N3O4/c1-13-8-14(19(24)15(9-13)11-21-25)10-20-16-2-4-17(5-3-16)22-6-7-26-12-18(22)23/h2-5,8-9,11,20,24-25H,6-7,10,12H2,1H3/b21-11+. The second kappa shape index (κ2) is 7.88. The van der Waals surface area contributed by atoms with E-state index in [0.717, 1.165) is 16.9 Å². The number of carbonyl (C=O) groups is 1. The third-order valence-corrected chi connectivity index (χ3v) is 4.21. The number of rotatable bonds is 5. The molecule has 0 bridgehead atoms. The monoisotopic (exact) mass is 355 g/mol. The van der Waals surface area contributed by atoms with Crippen molar-refractivity contribution >= 4 is 23.5 Å². The molecule has 3 N–H and O–H groups in total. The summed E-state index contributed by atoms with van der Waals surface area (Å²) in [7, 11) is 0. The topological polar surface area (TPSA) is 94.4 Å². The van der Waals surface area contributed by atoms with Crippen molar-refractivity contribution < 1.29 is 19.8 Å². The molecule has 3 rings (SSSR count). The van der Waals surface area contributed by atoms with Crippen molar-refractivity contribution in [2.24, 2.45) is 5.16 Å². The number of nitrogens with one attached hydrogen (secondary N) is 1. The van der Waals surface area contributed by atoms with Gasteiger partial charge in [0.2, 0.25) is 0 Å². The quantitative estimate of drug-likeness (QED) is 0.435. The van der Waals surface area contributed by atoms with Crippen LogP contribution >= 0.6 is 0 Å². The Morgan fingerprint density at radius 1 is 1.31 bits per heavy atom. The second-order valence-electron chi connectivity index (χ2n) is 6.10. The van der Waals surface area contributed by atoms with Crippen LogP contribution in [0.4, 0.5) is 11.4 Å². The van der Waals surface area contributed by atoms with Crippen molar-refractivity contribution in [2.75, 3.05) is 30.0 Å². The van der Waals surface area contributed by atoms with Crippen molar-refractivity contribution in [3.8, 4) is 5.75 Å². The minimum atomic E-state index is -0.0419. The molecule has 0 atom stereocenters. The highest BCUT2D eigenvalue weighted by atomic mass is 16.5. The summed E-state index contributed by atoms with van der Waals surface area (Å²) in [5.74, 6) is 0.0381. The van der Waals surface area contributed by atoms with Crippen LogP contribution in [0.25, 0.3) is 0 Å². The van der Waals surface area contributed by atoms with Gasteiger partial charge in [0.05, 0.1) is 12.8 Å². The van der Waals surface area contributed by atoms with E-state index in [2.05, 4.69) is 10.5 Å². The van der Waals surface area contributed by atoms with Crippen molar-refractivity contribution in [1.82, 2.24) is 0 Å². The molecule has 0 aliphatic carbocycles. The Bertz CT molecular complexity index is 818. The highest BCUT2D eigenvalue weighted by Gasteiger charge is 2.19. The van der Waals surface area contributed by atoms with Crippen molar-refractivity contribution in [1.29, 1.82) is 0 Å². The van der Waals surface area contributed by atoms with Crippen LogP contribution in [0.1, 0.15) is 16.7 Å². The van der Waals surface area contributed by atoms with Crippen LogP contribution in [0.15, 0.2) is 41.6 Å². The normalized spacial score (nSPS) is 14.8. The summed E-state index contributed by atoms with van der Waals surface area (Å²) in [5, 5.41) is 25.2. The minimum absolute atomic E-state index is 0.0419. The molecular weight excluding hydrogens is 334 g/mol. The number of amides is 1. The predicted octanol–water partition coefficient (Wildman–Crippen LogP) is 2.48. The van der Waals surface area contributed by atoms with Gasteiger partial charge in [0, 0.05) is 35.6 Å². The highest BCUT2D eigenvalue weighted by molar-refractivity contribution is 5.95. The minimum Gasteiger partial charge on any atom is -0.507 e. The molecule has 136 valence electrons. The van der Waals surface area contributed by atoms with Crippen LogP contribution in [0, 0.1) is 6.92 Å². The lowest BCUT2D eigenvalue weighted by Gasteiger charge is -2.27. The lowest BCUT2D eigenvalue weighted by atomic mass is 10.0. The van der Waals surface area contributed by atoms with E-state index in [1.807, 2.05) is 37.3 Å². The van der Waals surface area contributed by atoms with Gasteiger partial charge in [-0.15, -0.1) is 0 Å². The number of ether oxygens (including phenoxy) is 1. The van der Waals surface area contributed by atoms with Gasteiger partial charge in [-0.05, 0) is 42.8 Å². The van der Waals surface area contributed by atoms with E-state index in [1.54, 1.807) is 11.0 Å². The Kier molecular flexibility index (Phi) is 5.38.